The van der Waals surface area contributed by atoms with E-state index in [1.54, 1.807) is 13.0 Å². The summed E-state index contributed by atoms with van der Waals surface area (Å²) in [6, 6.07) is 3.28. The topological polar surface area (TPSA) is 113 Å². The van der Waals surface area contributed by atoms with Gasteiger partial charge in [0.2, 0.25) is 10.0 Å². The number of sulfonamides is 1. The van der Waals surface area contributed by atoms with Crippen molar-refractivity contribution in [1.82, 2.24) is 10.0 Å². The standard InChI is InChI=1S/C17H24N2O5S/c1-3-4-5-15(17(21)22)18-16(20)14-10-13(9-6-11(14)2)25(23,24)19-12-7-8-12/h6,9-10,12,15,19H,3-5,7-8H2,1-2H3,(H,18,20)(H,21,22). The maximum atomic E-state index is 12.5. The number of aliphatic carboxylic acids is 1. The van der Waals surface area contributed by atoms with Crippen LogP contribution in [-0.4, -0.2) is 37.5 Å². The first kappa shape index (κ1) is 19.4. The van der Waals surface area contributed by atoms with Gasteiger partial charge in [-0.05, 0) is 43.9 Å². The third-order valence-electron chi connectivity index (χ3n) is 4.11. The molecule has 0 spiro atoms. The van der Waals surface area contributed by atoms with Gasteiger partial charge in [-0.2, -0.15) is 0 Å². The minimum Gasteiger partial charge on any atom is -0.480 e. The molecule has 25 heavy (non-hydrogen) atoms. The highest BCUT2D eigenvalue weighted by molar-refractivity contribution is 7.89. The van der Waals surface area contributed by atoms with Crippen molar-refractivity contribution < 1.29 is 23.1 Å². The number of rotatable bonds is 9. The minimum absolute atomic E-state index is 0.00980. The molecule has 0 aromatic heterocycles. The van der Waals surface area contributed by atoms with Crippen LogP contribution < -0.4 is 10.0 Å². The quantitative estimate of drug-likeness (QED) is 0.615. The van der Waals surface area contributed by atoms with E-state index >= 15 is 0 Å². The molecular weight excluding hydrogens is 344 g/mol. The van der Waals surface area contributed by atoms with Crippen LogP contribution in [0.2, 0.25) is 0 Å². The smallest absolute Gasteiger partial charge is 0.326 e. The van der Waals surface area contributed by atoms with E-state index in [0.717, 1.165) is 19.3 Å². The third-order valence-corrected chi connectivity index (χ3v) is 5.63. The van der Waals surface area contributed by atoms with Crippen LogP contribution >= 0.6 is 0 Å². The predicted octanol–water partition coefficient (Wildman–Crippen LogP) is 1.81. The molecule has 0 heterocycles. The van der Waals surface area contributed by atoms with Crippen LogP contribution in [0.5, 0.6) is 0 Å². The second-order valence-electron chi connectivity index (χ2n) is 6.38. The Bertz CT molecular complexity index is 756. The van der Waals surface area contributed by atoms with Gasteiger partial charge >= 0.3 is 5.97 Å². The highest BCUT2D eigenvalue weighted by Crippen LogP contribution is 2.23. The molecule has 1 atom stereocenters. The van der Waals surface area contributed by atoms with Crippen LogP contribution in [0, 0.1) is 6.92 Å². The Morgan fingerprint density at radius 2 is 2.00 bits per heavy atom. The summed E-state index contributed by atoms with van der Waals surface area (Å²) in [5.41, 5.74) is 0.754. The number of hydrogen-bond acceptors (Lipinski definition) is 4. The molecule has 138 valence electrons. The molecule has 1 fully saturated rings. The zero-order valence-electron chi connectivity index (χ0n) is 14.4. The number of benzene rings is 1. The fourth-order valence-electron chi connectivity index (χ4n) is 2.40. The maximum absolute atomic E-state index is 12.5. The van der Waals surface area contributed by atoms with Gasteiger partial charge in [-0.25, -0.2) is 17.9 Å². The van der Waals surface area contributed by atoms with Crippen molar-refractivity contribution in [2.45, 2.75) is 62.9 Å². The van der Waals surface area contributed by atoms with E-state index in [1.165, 1.54) is 12.1 Å². The van der Waals surface area contributed by atoms with Crippen LogP contribution in [0.4, 0.5) is 0 Å². The zero-order valence-corrected chi connectivity index (χ0v) is 15.2. The molecular formula is C17H24N2O5S. The highest BCUT2D eigenvalue weighted by atomic mass is 32.2. The lowest BCUT2D eigenvalue weighted by atomic mass is 10.1. The van der Waals surface area contributed by atoms with E-state index in [2.05, 4.69) is 10.0 Å². The second-order valence-corrected chi connectivity index (χ2v) is 8.09. The lowest BCUT2D eigenvalue weighted by Gasteiger charge is -2.16. The number of hydrogen-bond donors (Lipinski definition) is 3. The normalized spacial score (nSPS) is 15.6. The van der Waals surface area contributed by atoms with Gasteiger partial charge in [0, 0.05) is 11.6 Å². The van der Waals surface area contributed by atoms with E-state index in [9.17, 15) is 23.1 Å². The molecule has 1 amide bonds. The van der Waals surface area contributed by atoms with Gasteiger partial charge in [-0.15, -0.1) is 0 Å². The average Bonchev–Trinajstić information content (AvgIpc) is 3.34. The predicted molar refractivity (Wildman–Crippen MR) is 92.9 cm³/mol. The molecule has 1 aliphatic rings. The molecule has 1 aromatic rings. The van der Waals surface area contributed by atoms with E-state index < -0.39 is 27.9 Å². The summed E-state index contributed by atoms with van der Waals surface area (Å²) in [6.07, 6.45) is 3.46. The Hall–Kier alpha value is -1.93. The van der Waals surface area contributed by atoms with Gasteiger partial charge in [-0.3, -0.25) is 4.79 Å². The minimum atomic E-state index is -3.68. The first-order valence-corrected chi connectivity index (χ1v) is 9.89. The molecule has 7 nitrogen and oxygen atoms in total. The number of carbonyl (C=O) groups is 2. The molecule has 8 heteroatoms. The summed E-state index contributed by atoms with van der Waals surface area (Å²) < 4.78 is 27.2. The van der Waals surface area contributed by atoms with Gasteiger partial charge in [0.05, 0.1) is 4.90 Å². The Morgan fingerprint density at radius 1 is 1.32 bits per heavy atom. The number of aryl methyl sites for hydroxylation is 1. The van der Waals surface area contributed by atoms with Gasteiger partial charge in [0.25, 0.3) is 5.91 Å². The number of carboxylic acids is 1. The molecule has 1 unspecified atom stereocenters. The van der Waals surface area contributed by atoms with Crippen molar-refractivity contribution in [2.75, 3.05) is 0 Å². The number of nitrogens with one attached hydrogen (secondary N) is 2. The lowest BCUT2D eigenvalue weighted by Crippen LogP contribution is -2.41. The Morgan fingerprint density at radius 3 is 2.56 bits per heavy atom. The molecule has 2 rings (SSSR count). The van der Waals surface area contributed by atoms with Gasteiger partial charge in [0.1, 0.15) is 6.04 Å². The summed E-state index contributed by atoms with van der Waals surface area (Å²) >= 11 is 0. The first-order chi connectivity index (χ1) is 11.7. The Labute approximate surface area is 147 Å². The van der Waals surface area contributed by atoms with Crippen molar-refractivity contribution in [3.63, 3.8) is 0 Å². The summed E-state index contributed by atoms with van der Waals surface area (Å²) in [7, 11) is -3.68. The summed E-state index contributed by atoms with van der Waals surface area (Å²) in [5, 5.41) is 11.7. The molecule has 1 aliphatic carbocycles. The Balaban J connectivity index is 2.20. The fraction of sp³-hybridized carbons (Fsp3) is 0.529. The zero-order chi connectivity index (χ0) is 18.6. The summed E-state index contributed by atoms with van der Waals surface area (Å²) in [5.74, 6) is -1.68. The monoisotopic (exact) mass is 368 g/mol. The maximum Gasteiger partial charge on any atom is 0.326 e. The molecule has 0 aliphatic heterocycles. The largest absolute Gasteiger partial charge is 0.480 e. The van der Waals surface area contributed by atoms with Crippen molar-refractivity contribution in [2.24, 2.45) is 0 Å². The van der Waals surface area contributed by atoms with E-state index in [1.807, 2.05) is 6.92 Å². The van der Waals surface area contributed by atoms with Crippen LogP contribution in [0.1, 0.15) is 54.9 Å². The van der Waals surface area contributed by atoms with Gasteiger partial charge in [-0.1, -0.05) is 25.8 Å². The lowest BCUT2D eigenvalue weighted by molar-refractivity contribution is -0.139. The van der Waals surface area contributed by atoms with E-state index in [4.69, 9.17) is 0 Å². The number of carbonyl (C=O) groups excluding carboxylic acids is 1. The average molecular weight is 368 g/mol. The van der Waals surface area contributed by atoms with E-state index in [0.29, 0.717) is 18.4 Å². The van der Waals surface area contributed by atoms with Crippen LogP contribution in [0.25, 0.3) is 0 Å². The van der Waals surface area contributed by atoms with Crippen LogP contribution in [-0.2, 0) is 14.8 Å². The van der Waals surface area contributed by atoms with Crippen molar-refractivity contribution in [1.29, 1.82) is 0 Å². The van der Waals surface area contributed by atoms with Gasteiger partial charge < -0.3 is 10.4 Å². The molecule has 0 radical (unpaired) electrons. The first-order valence-electron chi connectivity index (χ1n) is 8.41. The summed E-state index contributed by atoms with van der Waals surface area (Å²) in [4.78, 5) is 23.8. The van der Waals surface area contributed by atoms with E-state index in [-0.39, 0.29) is 16.5 Å². The van der Waals surface area contributed by atoms with Crippen LogP contribution in [0.3, 0.4) is 0 Å². The van der Waals surface area contributed by atoms with Crippen molar-refractivity contribution in [3.05, 3.63) is 29.3 Å². The fourth-order valence-corrected chi connectivity index (χ4v) is 3.73. The van der Waals surface area contributed by atoms with Crippen molar-refractivity contribution in [3.8, 4) is 0 Å². The van der Waals surface area contributed by atoms with Crippen LogP contribution in [0.15, 0.2) is 23.1 Å². The second kappa shape index (κ2) is 7.97. The number of carboxylic acid groups (broad SMARTS) is 1. The van der Waals surface area contributed by atoms with Crippen molar-refractivity contribution >= 4 is 21.9 Å². The third kappa shape index (κ3) is 5.27. The molecule has 1 saturated carbocycles. The molecule has 0 bridgehead atoms. The molecule has 3 N–H and O–H groups in total. The Kier molecular flexibility index (Phi) is 6.18. The van der Waals surface area contributed by atoms with Gasteiger partial charge in [0.15, 0.2) is 0 Å². The highest BCUT2D eigenvalue weighted by Gasteiger charge is 2.29. The number of amides is 1. The SMILES string of the molecule is CCCCC(NC(=O)c1cc(S(=O)(=O)NC2CC2)ccc1C)C(=O)O. The molecule has 1 aromatic carbocycles. The molecule has 0 saturated heterocycles. The summed E-state index contributed by atoms with van der Waals surface area (Å²) in [6.45, 7) is 3.62. The number of unbranched alkanes of at least 4 members (excludes halogenated alkanes) is 1.